The van der Waals surface area contributed by atoms with E-state index in [4.69, 9.17) is 4.74 Å². The molecule has 0 bridgehead atoms. The molecule has 1 saturated heterocycles. The SMILES string of the molecule is CCOC(=O)C1CCCN(C(=O)CNc2ncnc3ccccc23)C1. The predicted molar refractivity (Wildman–Crippen MR) is 94.0 cm³/mol. The van der Waals surface area contributed by atoms with Gasteiger partial charge in [0.25, 0.3) is 0 Å². The third-order valence-corrected chi connectivity index (χ3v) is 4.34. The molecule has 1 N–H and O–H groups in total. The third kappa shape index (κ3) is 4.04. The zero-order chi connectivity index (χ0) is 17.6. The number of benzene rings is 1. The Hall–Kier alpha value is -2.70. The van der Waals surface area contributed by atoms with Crippen LogP contribution in [0.25, 0.3) is 10.9 Å². The molecule has 1 aliphatic heterocycles. The van der Waals surface area contributed by atoms with Gasteiger partial charge in [0, 0.05) is 18.5 Å². The van der Waals surface area contributed by atoms with Gasteiger partial charge in [-0.3, -0.25) is 9.59 Å². The number of fused-ring (bicyclic) bond motifs is 1. The maximum atomic E-state index is 12.5. The summed E-state index contributed by atoms with van der Waals surface area (Å²) in [6.07, 6.45) is 3.06. The van der Waals surface area contributed by atoms with Crippen LogP contribution in [0.4, 0.5) is 5.82 Å². The molecule has 1 atom stereocenters. The minimum absolute atomic E-state index is 0.0447. The van der Waals surface area contributed by atoms with Crippen molar-refractivity contribution >= 4 is 28.6 Å². The molecular weight excluding hydrogens is 320 g/mol. The zero-order valence-electron chi connectivity index (χ0n) is 14.3. The highest BCUT2D eigenvalue weighted by Gasteiger charge is 2.29. The number of hydrogen-bond acceptors (Lipinski definition) is 6. The van der Waals surface area contributed by atoms with Crippen molar-refractivity contribution in [2.45, 2.75) is 19.8 Å². The minimum atomic E-state index is -0.225. The normalized spacial score (nSPS) is 17.3. The number of nitrogens with zero attached hydrogens (tertiary/aromatic N) is 3. The molecule has 25 heavy (non-hydrogen) atoms. The molecule has 1 aromatic carbocycles. The van der Waals surface area contributed by atoms with Gasteiger partial charge in [0.2, 0.25) is 5.91 Å². The fourth-order valence-corrected chi connectivity index (χ4v) is 3.07. The van der Waals surface area contributed by atoms with Crippen molar-refractivity contribution < 1.29 is 14.3 Å². The van der Waals surface area contributed by atoms with Gasteiger partial charge >= 0.3 is 5.97 Å². The number of anilines is 1. The van der Waals surface area contributed by atoms with E-state index in [1.54, 1.807) is 11.8 Å². The number of esters is 1. The van der Waals surface area contributed by atoms with Crippen molar-refractivity contribution in [1.82, 2.24) is 14.9 Å². The molecule has 1 amide bonds. The highest BCUT2D eigenvalue weighted by atomic mass is 16.5. The Morgan fingerprint density at radius 2 is 2.16 bits per heavy atom. The molecule has 2 heterocycles. The Morgan fingerprint density at radius 3 is 3.00 bits per heavy atom. The number of amides is 1. The second-order valence-electron chi connectivity index (χ2n) is 6.02. The summed E-state index contributed by atoms with van der Waals surface area (Å²) in [6, 6.07) is 7.64. The Labute approximate surface area is 146 Å². The number of para-hydroxylation sites is 1. The van der Waals surface area contributed by atoms with Gasteiger partial charge in [-0.15, -0.1) is 0 Å². The standard InChI is InChI=1S/C18H22N4O3/c1-2-25-18(24)13-6-5-9-22(11-13)16(23)10-19-17-14-7-3-4-8-15(14)20-12-21-17/h3-4,7-8,12-13H,2,5-6,9-11H2,1H3,(H,19,20,21). The first-order valence-corrected chi connectivity index (χ1v) is 8.57. The first kappa shape index (κ1) is 17.1. The van der Waals surface area contributed by atoms with Gasteiger partial charge in [-0.2, -0.15) is 0 Å². The summed E-state index contributed by atoms with van der Waals surface area (Å²) >= 11 is 0. The Balaban J connectivity index is 1.61. The van der Waals surface area contributed by atoms with Crippen LogP contribution in [0.15, 0.2) is 30.6 Å². The number of carbonyl (C=O) groups is 2. The third-order valence-electron chi connectivity index (χ3n) is 4.34. The highest BCUT2D eigenvalue weighted by molar-refractivity contribution is 5.90. The Morgan fingerprint density at radius 1 is 1.32 bits per heavy atom. The minimum Gasteiger partial charge on any atom is -0.466 e. The van der Waals surface area contributed by atoms with Gasteiger partial charge in [0.1, 0.15) is 12.1 Å². The van der Waals surface area contributed by atoms with E-state index >= 15 is 0 Å². The first-order valence-electron chi connectivity index (χ1n) is 8.57. The number of rotatable bonds is 5. The lowest BCUT2D eigenvalue weighted by atomic mass is 9.98. The summed E-state index contributed by atoms with van der Waals surface area (Å²) in [4.78, 5) is 34.6. The van der Waals surface area contributed by atoms with Crippen LogP contribution in [0, 0.1) is 5.92 Å². The number of likely N-dealkylation sites (tertiary alicyclic amines) is 1. The van der Waals surface area contributed by atoms with E-state index in [9.17, 15) is 9.59 Å². The summed E-state index contributed by atoms with van der Waals surface area (Å²) in [5, 5.41) is 3.97. The average molecular weight is 342 g/mol. The number of carbonyl (C=O) groups excluding carboxylic acids is 2. The highest BCUT2D eigenvalue weighted by Crippen LogP contribution is 2.20. The molecule has 2 aromatic rings. The number of ether oxygens (including phenoxy) is 1. The summed E-state index contributed by atoms with van der Waals surface area (Å²) in [5.74, 6) is 0.155. The molecule has 0 saturated carbocycles. The fraction of sp³-hybridized carbons (Fsp3) is 0.444. The van der Waals surface area contributed by atoms with Crippen LogP contribution >= 0.6 is 0 Å². The van der Waals surface area contributed by atoms with Crippen molar-refractivity contribution in [2.24, 2.45) is 5.92 Å². The van der Waals surface area contributed by atoms with Crippen molar-refractivity contribution in [3.05, 3.63) is 30.6 Å². The molecular formula is C18H22N4O3. The molecule has 1 fully saturated rings. The van der Waals surface area contributed by atoms with Crippen molar-refractivity contribution in [1.29, 1.82) is 0 Å². The van der Waals surface area contributed by atoms with Crippen LogP contribution in [0.3, 0.4) is 0 Å². The summed E-state index contributed by atoms with van der Waals surface area (Å²) in [7, 11) is 0. The van der Waals surface area contributed by atoms with Crippen LogP contribution in [0.1, 0.15) is 19.8 Å². The van der Waals surface area contributed by atoms with E-state index in [2.05, 4.69) is 15.3 Å². The smallest absolute Gasteiger partial charge is 0.310 e. The van der Waals surface area contributed by atoms with E-state index in [1.807, 2.05) is 24.3 Å². The van der Waals surface area contributed by atoms with Gasteiger partial charge < -0.3 is 15.0 Å². The van der Waals surface area contributed by atoms with E-state index in [1.165, 1.54) is 6.33 Å². The van der Waals surface area contributed by atoms with Crippen LogP contribution < -0.4 is 5.32 Å². The van der Waals surface area contributed by atoms with Crippen molar-refractivity contribution in [3.8, 4) is 0 Å². The molecule has 0 radical (unpaired) electrons. The molecule has 0 aliphatic carbocycles. The largest absolute Gasteiger partial charge is 0.466 e. The monoisotopic (exact) mass is 342 g/mol. The van der Waals surface area contributed by atoms with Gasteiger partial charge in [0.15, 0.2) is 0 Å². The molecule has 1 aromatic heterocycles. The number of aromatic nitrogens is 2. The predicted octanol–water partition coefficient (Wildman–Crippen LogP) is 1.84. The molecule has 132 valence electrons. The Kier molecular flexibility index (Phi) is 5.42. The molecule has 0 spiro atoms. The average Bonchev–Trinajstić information content (AvgIpc) is 2.66. The Bertz CT molecular complexity index is 760. The zero-order valence-corrected chi connectivity index (χ0v) is 14.3. The van der Waals surface area contributed by atoms with E-state index < -0.39 is 0 Å². The van der Waals surface area contributed by atoms with Crippen LogP contribution in [-0.4, -0.2) is 53.0 Å². The van der Waals surface area contributed by atoms with Crippen LogP contribution in [0.5, 0.6) is 0 Å². The topological polar surface area (TPSA) is 84.4 Å². The molecule has 7 heteroatoms. The number of piperidine rings is 1. The van der Waals surface area contributed by atoms with E-state index in [-0.39, 0.29) is 24.3 Å². The fourth-order valence-electron chi connectivity index (χ4n) is 3.07. The maximum Gasteiger partial charge on any atom is 0.310 e. The van der Waals surface area contributed by atoms with Gasteiger partial charge in [0.05, 0.1) is 24.6 Å². The number of hydrogen-bond donors (Lipinski definition) is 1. The van der Waals surface area contributed by atoms with Gasteiger partial charge in [-0.05, 0) is 31.9 Å². The molecule has 7 nitrogen and oxygen atoms in total. The lowest BCUT2D eigenvalue weighted by Gasteiger charge is -2.31. The summed E-state index contributed by atoms with van der Waals surface area (Å²) < 4.78 is 5.08. The molecule has 1 unspecified atom stereocenters. The summed E-state index contributed by atoms with van der Waals surface area (Å²) in [5.41, 5.74) is 0.827. The second kappa shape index (κ2) is 7.92. The first-order chi connectivity index (χ1) is 12.2. The van der Waals surface area contributed by atoms with Crippen molar-refractivity contribution in [2.75, 3.05) is 31.6 Å². The number of nitrogens with one attached hydrogen (secondary N) is 1. The second-order valence-corrected chi connectivity index (χ2v) is 6.02. The van der Waals surface area contributed by atoms with Gasteiger partial charge in [-0.1, -0.05) is 12.1 Å². The van der Waals surface area contributed by atoms with Crippen LogP contribution in [0.2, 0.25) is 0 Å². The molecule has 1 aliphatic rings. The lowest BCUT2D eigenvalue weighted by Crippen LogP contribution is -2.45. The maximum absolute atomic E-state index is 12.5. The summed E-state index contributed by atoms with van der Waals surface area (Å²) in [6.45, 7) is 3.38. The van der Waals surface area contributed by atoms with E-state index in [0.717, 1.165) is 23.7 Å². The van der Waals surface area contributed by atoms with E-state index in [0.29, 0.717) is 25.5 Å². The quantitative estimate of drug-likeness (QED) is 0.835. The van der Waals surface area contributed by atoms with Crippen molar-refractivity contribution in [3.63, 3.8) is 0 Å². The van der Waals surface area contributed by atoms with Crippen LogP contribution in [-0.2, 0) is 14.3 Å². The van der Waals surface area contributed by atoms with Gasteiger partial charge in [-0.25, -0.2) is 9.97 Å². The lowest BCUT2D eigenvalue weighted by molar-refractivity contribution is -0.151. The molecule has 3 rings (SSSR count).